The van der Waals surface area contributed by atoms with E-state index in [1.165, 1.54) is 73.6 Å². The first-order chi connectivity index (χ1) is 56.0. The summed E-state index contributed by atoms with van der Waals surface area (Å²) in [5, 5.41) is 56.9. The number of aliphatic hydroxyl groups excluding tert-OH is 1. The first-order valence-electron chi connectivity index (χ1n) is 39.0. The molecule has 1 aliphatic heterocycles. The van der Waals surface area contributed by atoms with Gasteiger partial charge in [-0.15, -0.1) is 0 Å². The molecule has 0 spiro atoms. The molecule has 0 saturated carbocycles. The van der Waals surface area contributed by atoms with Crippen LogP contribution in [0.15, 0.2) is 126 Å². The lowest BCUT2D eigenvalue weighted by molar-refractivity contribution is -0.142. The van der Waals surface area contributed by atoms with E-state index in [1.54, 1.807) is 31.3 Å². The molecular weight excluding hydrogens is 1550 g/mol. The van der Waals surface area contributed by atoms with Crippen molar-refractivity contribution in [3.63, 3.8) is 0 Å². The molecule has 644 valence electrons. The zero-order valence-corrected chi connectivity index (χ0v) is 66.6. The van der Waals surface area contributed by atoms with E-state index >= 15 is 9.59 Å². The Bertz CT molecular complexity index is 4210. The number of fused-ring (bicyclic) bond motifs is 1. The number of nitrogens with two attached hydrogens (primary N) is 1. The molecule has 10 atom stereocenters. The summed E-state index contributed by atoms with van der Waals surface area (Å²) in [6.07, 6.45) is -7.80. The minimum absolute atomic E-state index is 0.0132. The molecule has 2 heterocycles. The fourth-order valence-electron chi connectivity index (χ4n) is 12.7. The van der Waals surface area contributed by atoms with Gasteiger partial charge in [-0.1, -0.05) is 86.6 Å². The van der Waals surface area contributed by atoms with Crippen LogP contribution in [0.1, 0.15) is 122 Å². The average molecular weight is 1660 g/mol. The number of phenolic OH excluding ortho intramolecular Hbond substituents is 1. The number of carbonyl (C=O) groups excluding carboxylic acids is 11. The van der Waals surface area contributed by atoms with Crippen molar-refractivity contribution >= 4 is 87.7 Å². The number of aliphatic imine (C=N–C) groups is 2. The third-order valence-electron chi connectivity index (χ3n) is 18.7. The minimum Gasteiger partial charge on any atom is -0.508 e. The number of halogens is 7. The molecule has 0 bridgehead atoms. The number of nitrogens with zero attached hydrogens (tertiary/aromatic N) is 4. The Labute approximate surface area is 678 Å². The molecule has 118 heavy (non-hydrogen) atoms. The van der Waals surface area contributed by atoms with Crippen molar-refractivity contribution < 1.29 is 93.7 Å². The Kier molecular flexibility index (Phi) is 38.3. The number of hydrogen-bond acceptors (Lipinski definition) is 16. The van der Waals surface area contributed by atoms with Gasteiger partial charge in [0.25, 0.3) is 0 Å². The highest BCUT2D eigenvalue weighted by Gasteiger charge is 2.41. The molecular formula is C80H107F7N18O13. The SMILES string of the molecule is CCNC(=NCCCC[C@H](NC(=O)[C@H](CC(C)C)NC(=O)[C@@H](CCCCNC(=NCC(F)(F)F)NCC(F)(F)F)NC(=O)[C@H](Cc1ccc(O)cc1)NC(=O)[C@H](CO)NC(=O)[C@@H](Cc1cccnc1)NC(=O)[C@@H](Cc1ccc(F)cc1)NC(=O)[C@@H](Cc1ccc2ccccc2c1)NC(C)=O)C(=O)N1CCC[C@H]1C(=O)N[C@H](C)C(N)=O)NCC. The van der Waals surface area contributed by atoms with Gasteiger partial charge in [0.2, 0.25) is 65.0 Å². The monoisotopic (exact) mass is 1660 g/mol. The van der Waals surface area contributed by atoms with Gasteiger partial charge in [0, 0.05) is 77.7 Å². The molecule has 17 N–H and O–H groups in total. The number of aliphatic hydroxyl groups is 1. The van der Waals surface area contributed by atoms with Crippen LogP contribution in [-0.2, 0) is 78.4 Å². The third-order valence-corrected chi connectivity index (χ3v) is 18.7. The van der Waals surface area contributed by atoms with Crippen LogP contribution in [0, 0.1) is 11.7 Å². The number of phenols is 1. The number of likely N-dealkylation sites (tertiary alicyclic amines) is 1. The van der Waals surface area contributed by atoms with Crippen molar-refractivity contribution in [1.29, 1.82) is 0 Å². The molecule has 0 radical (unpaired) electrons. The number of aromatic hydroxyl groups is 1. The van der Waals surface area contributed by atoms with Gasteiger partial charge < -0.3 is 90.0 Å². The number of benzene rings is 4. The maximum absolute atomic E-state index is 15.2. The van der Waals surface area contributed by atoms with E-state index in [4.69, 9.17) is 5.73 Å². The van der Waals surface area contributed by atoms with Crippen molar-refractivity contribution in [3.8, 4) is 5.75 Å². The molecule has 0 unspecified atom stereocenters. The molecule has 6 rings (SSSR count). The maximum atomic E-state index is 15.2. The summed E-state index contributed by atoms with van der Waals surface area (Å²) in [5.41, 5.74) is 7.03. The van der Waals surface area contributed by atoms with Crippen LogP contribution in [0.25, 0.3) is 10.8 Å². The number of alkyl halides is 6. The van der Waals surface area contributed by atoms with Crippen LogP contribution in [0.5, 0.6) is 5.75 Å². The zero-order chi connectivity index (χ0) is 86.7. The Balaban J connectivity index is 1.32. The largest absolute Gasteiger partial charge is 0.508 e. The van der Waals surface area contributed by atoms with Crippen LogP contribution in [0.2, 0.25) is 0 Å². The molecule has 1 fully saturated rings. The van der Waals surface area contributed by atoms with Crippen molar-refractivity contribution in [1.82, 2.24) is 79.0 Å². The highest BCUT2D eigenvalue weighted by molar-refractivity contribution is 5.99. The van der Waals surface area contributed by atoms with Crippen LogP contribution in [-0.4, -0.2) is 222 Å². The van der Waals surface area contributed by atoms with E-state index in [0.29, 0.717) is 48.6 Å². The molecule has 1 aromatic heterocycles. The second-order valence-electron chi connectivity index (χ2n) is 28.9. The summed E-state index contributed by atoms with van der Waals surface area (Å²) >= 11 is 0. The number of primary amides is 1. The lowest BCUT2D eigenvalue weighted by Gasteiger charge is -2.31. The van der Waals surface area contributed by atoms with Gasteiger partial charge in [-0.3, -0.25) is 62.7 Å². The summed E-state index contributed by atoms with van der Waals surface area (Å²) in [7, 11) is 0. The average Bonchev–Trinajstić information content (AvgIpc) is 1.69. The predicted octanol–water partition coefficient (Wildman–Crippen LogP) is 2.84. The summed E-state index contributed by atoms with van der Waals surface area (Å²) in [4.78, 5) is 170. The number of amides is 11. The molecule has 31 nitrogen and oxygen atoms in total. The van der Waals surface area contributed by atoms with E-state index < -0.39 is 188 Å². The number of unbranched alkanes of at least 4 members (excludes halogenated alkanes) is 2. The number of nitrogens with one attached hydrogen (secondary N) is 13. The van der Waals surface area contributed by atoms with Gasteiger partial charge in [-0.2, -0.15) is 26.3 Å². The minimum atomic E-state index is -4.92. The van der Waals surface area contributed by atoms with Gasteiger partial charge in [-0.05, 0) is 148 Å². The topological polar surface area (TPSA) is 451 Å². The predicted molar refractivity (Wildman–Crippen MR) is 424 cm³/mol. The molecule has 0 aliphatic carbocycles. The van der Waals surface area contributed by atoms with Gasteiger partial charge >= 0.3 is 12.4 Å². The van der Waals surface area contributed by atoms with Gasteiger partial charge in [0.05, 0.1) is 6.61 Å². The van der Waals surface area contributed by atoms with E-state index in [2.05, 4.69) is 78.8 Å². The Morgan fingerprint density at radius 1 is 0.542 bits per heavy atom. The lowest BCUT2D eigenvalue weighted by Crippen LogP contribution is -2.61. The summed E-state index contributed by atoms with van der Waals surface area (Å²) in [5.74, 6) is -11.6. The number of aromatic nitrogens is 1. The number of rotatable bonds is 44. The number of carbonyl (C=O) groups is 11. The van der Waals surface area contributed by atoms with Gasteiger partial charge in [0.1, 0.15) is 85.1 Å². The number of pyridine rings is 1. The molecule has 4 aromatic carbocycles. The first-order valence-corrected chi connectivity index (χ1v) is 39.0. The van der Waals surface area contributed by atoms with Crippen LogP contribution in [0.4, 0.5) is 30.7 Å². The first kappa shape index (κ1) is 95.1. The van der Waals surface area contributed by atoms with E-state index in [9.17, 15) is 84.1 Å². The Morgan fingerprint density at radius 3 is 1.60 bits per heavy atom. The van der Waals surface area contributed by atoms with Crippen LogP contribution >= 0.6 is 0 Å². The number of hydrogen-bond donors (Lipinski definition) is 16. The summed E-state index contributed by atoms with van der Waals surface area (Å²) in [6.45, 7) is 6.03. The van der Waals surface area contributed by atoms with Crippen molar-refractivity contribution in [2.75, 3.05) is 52.4 Å². The fraction of sp³-hybridized carbons (Fsp3) is 0.500. The quantitative estimate of drug-likeness (QED) is 0.0115. The normalized spacial score (nSPS) is 15.2. The maximum Gasteiger partial charge on any atom is 0.408 e. The molecule has 1 saturated heterocycles. The van der Waals surface area contributed by atoms with Crippen molar-refractivity contribution in [2.24, 2.45) is 21.6 Å². The molecule has 38 heteroatoms. The Morgan fingerprint density at radius 2 is 1.04 bits per heavy atom. The van der Waals surface area contributed by atoms with Crippen molar-refractivity contribution in [3.05, 3.63) is 144 Å². The smallest absolute Gasteiger partial charge is 0.408 e. The highest BCUT2D eigenvalue weighted by atomic mass is 19.4. The summed E-state index contributed by atoms with van der Waals surface area (Å²) < 4.78 is 94.2. The summed E-state index contributed by atoms with van der Waals surface area (Å²) in [6, 6.07) is 11.1. The second-order valence-corrected chi connectivity index (χ2v) is 28.9. The second kappa shape index (κ2) is 47.5. The van der Waals surface area contributed by atoms with E-state index in [0.717, 1.165) is 22.9 Å². The standard InChI is InChI=1S/C80H107F7N18O13/c1-7-90-77(91-8-2)92-34-14-12-21-59(76(118)105-36-16-22-66(105)75(117)96-48(5)67(88)109)99-69(111)60(37-47(3)4)100-68(110)58(20-11-13-35-93-78(94-45-79(82,83)84)95-46-80(85,86)87)98-71(113)62(40-51-26-31-57(108)32-27-51)103-74(116)65(44-106)104-73(115)64(42-53-17-15-33-89-43-53)102-72(114)63(39-50-24-29-56(81)30-25-50)101-70(112)61(97-49(6)107)41-52-23-28-54-18-9-10-19-55(54)38-52/h9-10,15,17-19,23-33,38,43,47-48,58-66,106,108H,7-8,11-14,16,20-22,34-37,39-42,44-46H2,1-6H3,(H2,88,109)(H,96,117)(H,97,107)(H,98,113)(H,99,111)(H,100,110)(H,101,112)(H,102,114)(H,103,116)(H,104,115)(H2,90,91,92)(H2,93,94,95)/t48-,58-,59+,60+,61-,62+,63-,64-,65+,66+/m1/s1. The number of guanidine groups is 2. The highest BCUT2D eigenvalue weighted by Crippen LogP contribution is 2.23. The third kappa shape index (κ3) is 33.5. The van der Waals surface area contributed by atoms with E-state index in [1.807, 2.05) is 50.2 Å². The molecule has 5 aromatic rings. The van der Waals surface area contributed by atoms with E-state index in [-0.39, 0.29) is 88.7 Å². The lowest BCUT2D eigenvalue weighted by atomic mass is 9.99. The molecule has 1 aliphatic rings. The zero-order valence-electron chi connectivity index (χ0n) is 66.6. The van der Waals surface area contributed by atoms with Crippen LogP contribution in [0.3, 0.4) is 0 Å². The Hall–Kier alpha value is -11.7. The van der Waals surface area contributed by atoms with Crippen molar-refractivity contribution in [2.45, 2.75) is 198 Å². The van der Waals surface area contributed by atoms with Crippen LogP contribution < -0.4 is 74.9 Å². The molecule has 11 amide bonds. The van der Waals surface area contributed by atoms with Gasteiger partial charge in [0.15, 0.2) is 11.9 Å². The fourth-order valence-corrected chi connectivity index (χ4v) is 12.7. The van der Waals surface area contributed by atoms with Gasteiger partial charge in [-0.25, -0.2) is 9.38 Å².